The molecular weight excluding hydrogens is 318 g/mol. The molecule has 0 aliphatic carbocycles. The molecule has 0 aliphatic heterocycles. The molecule has 0 fully saturated rings. The second-order valence-electron chi connectivity index (χ2n) is 3.17. The van der Waals surface area contributed by atoms with E-state index in [0.717, 1.165) is 13.8 Å². The molecule has 0 bridgehead atoms. The minimum Gasteiger partial charge on any atom is -0.549 e. The second kappa shape index (κ2) is 9.04. The standard InChI is InChI=1S/2C3H7O5P.Mg/c2*1-2(3(4)5)9(6,7)8;/h2*2H,1H3,(H,4,5)(H2,6,7,8);/q;;+2/p-2. The van der Waals surface area contributed by atoms with Gasteiger partial charge in [0.1, 0.15) is 0 Å². The van der Waals surface area contributed by atoms with E-state index in [9.17, 15) is 28.9 Å². The van der Waals surface area contributed by atoms with E-state index in [1.807, 2.05) is 0 Å². The second-order valence-corrected chi connectivity index (χ2v) is 7.07. The number of carboxylic acid groups (broad SMARTS) is 2. The summed E-state index contributed by atoms with van der Waals surface area (Å²) in [4.78, 5) is 52.1. The fourth-order valence-corrected chi connectivity index (χ4v) is 0.824. The molecule has 0 aliphatic rings. The number of rotatable bonds is 4. The molecule has 0 amide bonds. The zero-order valence-electron chi connectivity index (χ0n) is 9.99. The van der Waals surface area contributed by atoms with Crippen molar-refractivity contribution < 1.29 is 48.5 Å². The Morgan fingerprint density at radius 3 is 1.00 bits per heavy atom. The van der Waals surface area contributed by atoms with Gasteiger partial charge in [0.25, 0.3) is 0 Å². The van der Waals surface area contributed by atoms with Crippen LogP contribution in [0.15, 0.2) is 0 Å². The van der Waals surface area contributed by atoms with E-state index in [0.29, 0.717) is 0 Å². The van der Waals surface area contributed by atoms with Gasteiger partial charge in [0.05, 0.1) is 23.3 Å². The zero-order valence-corrected chi connectivity index (χ0v) is 13.2. The van der Waals surface area contributed by atoms with E-state index in [2.05, 4.69) is 0 Å². The van der Waals surface area contributed by atoms with Crippen molar-refractivity contribution in [3.8, 4) is 0 Å². The van der Waals surface area contributed by atoms with Gasteiger partial charge < -0.3 is 39.4 Å². The molecule has 0 aromatic heterocycles. The summed E-state index contributed by atoms with van der Waals surface area (Å²) >= 11 is 0. The molecule has 0 radical (unpaired) electrons. The third-order valence-corrected chi connectivity index (χ3v) is 4.13. The minimum atomic E-state index is -4.47. The van der Waals surface area contributed by atoms with Crippen LogP contribution in [0.1, 0.15) is 13.8 Å². The van der Waals surface area contributed by atoms with Crippen LogP contribution < -0.4 is 10.2 Å². The first-order chi connectivity index (χ1) is 7.71. The molecule has 19 heavy (non-hydrogen) atoms. The Kier molecular flexibility index (Phi) is 11.4. The van der Waals surface area contributed by atoms with E-state index in [4.69, 9.17) is 19.6 Å². The Bertz CT molecular complexity index is 359. The van der Waals surface area contributed by atoms with E-state index >= 15 is 0 Å². The van der Waals surface area contributed by atoms with Crippen molar-refractivity contribution in [2.45, 2.75) is 25.2 Å². The van der Waals surface area contributed by atoms with Gasteiger partial charge in [-0.15, -0.1) is 0 Å². The van der Waals surface area contributed by atoms with Crippen LogP contribution in [-0.2, 0) is 18.7 Å². The first kappa shape index (κ1) is 24.1. The molecule has 13 heteroatoms. The summed E-state index contributed by atoms with van der Waals surface area (Å²) in [6.07, 6.45) is 0. The van der Waals surface area contributed by atoms with Crippen LogP contribution in [0.4, 0.5) is 0 Å². The van der Waals surface area contributed by atoms with Gasteiger partial charge >= 0.3 is 38.2 Å². The van der Waals surface area contributed by atoms with Crippen molar-refractivity contribution in [1.29, 1.82) is 0 Å². The van der Waals surface area contributed by atoms with Gasteiger partial charge in [-0.3, -0.25) is 9.13 Å². The van der Waals surface area contributed by atoms with Crippen LogP contribution in [-0.4, -0.2) is 65.9 Å². The number of hydrogen-bond acceptors (Lipinski definition) is 6. The first-order valence-electron chi connectivity index (χ1n) is 4.23. The maximum Gasteiger partial charge on any atom is 2.00 e. The monoisotopic (exact) mass is 330 g/mol. The molecule has 2 atom stereocenters. The van der Waals surface area contributed by atoms with Crippen molar-refractivity contribution in [3.05, 3.63) is 0 Å². The molecular formula is C6H12MgO10P2. The van der Waals surface area contributed by atoms with Crippen LogP contribution in [0.25, 0.3) is 0 Å². The van der Waals surface area contributed by atoms with Crippen LogP contribution >= 0.6 is 15.2 Å². The predicted molar refractivity (Wildman–Crippen MR) is 58.8 cm³/mol. The molecule has 0 heterocycles. The van der Waals surface area contributed by atoms with Gasteiger partial charge in [-0.25, -0.2) is 0 Å². The molecule has 0 aromatic rings. The molecule has 0 aromatic carbocycles. The third kappa shape index (κ3) is 11.5. The number of carbonyl (C=O) groups is 2. The average molecular weight is 330 g/mol. The molecule has 0 spiro atoms. The quantitative estimate of drug-likeness (QED) is 0.293. The van der Waals surface area contributed by atoms with Gasteiger partial charge in [0.2, 0.25) is 0 Å². The maximum absolute atomic E-state index is 10.0. The zero-order chi connectivity index (χ0) is 15.3. The molecule has 0 saturated heterocycles. The summed E-state index contributed by atoms with van der Waals surface area (Å²) in [5, 5.41) is 19.5. The van der Waals surface area contributed by atoms with Crippen molar-refractivity contribution in [2.24, 2.45) is 0 Å². The Balaban J connectivity index is -0.000000256. The van der Waals surface area contributed by atoms with Gasteiger partial charge in [-0.05, 0) is 13.8 Å². The van der Waals surface area contributed by atoms with Crippen molar-refractivity contribution in [1.82, 2.24) is 0 Å². The van der Waals surface area contributed by atoms with Crippen LogP contribution in [0.2, 0.25) is 0 Å². The smallest absolute Gasteiger partial charge is 0.549 e. The molecule has 0 rings (SSSR count). The van der Waals surface area contributed by atoms with Crippen LogP contribution in [0, 0.1) is 0 Å². The molecule has 0 saturated carbocycles. The van der Waals surface area contributed by atoms with Crippen LogP contribution in [0.5, 0.6) is 0 Å². The predicted octanol–water partition coefficient (Wildman–Crippen LogP) is -3.78. The Morgan fingerprint density at radius 2 is 1.00 bits per heavy atom. The number of carbonyl (C=O) groups excluding carboxylic acids is 2. The normalized spacial score (nSPS) is 14.2. The number of aliphatic carboxylic acids is 2. The van der Waals surface area contributed by atoms with E-state index in [1.165, 1.54) is 0 Å². The third-order valence-electron chi connectivity index (χ3n) is 1.69. The number of carboxylic acids is 2. The fourth-order valence-electron chi connectivity index (χ4n) is 0.275. The van der Waals surface area contributed by atoms with Gasteiger partial charge in [-0.1, -0.05) is 0 Å². The molecule has 2 unspecified atom stereocenters. The topological polar surface area (TPSA) is 195 Å². The Hall–Kier alpha value is 0.00623. The van der Waals surface area contributed by atoms with E-state index in [-0.39, 0.29) is 23.1 Å². The fraction of sp³-hybridized carbons (Fsp3) is 0.667. The maximum atomic E-state index is 10.0. The van der Waals surface area contributed by atoms with Gasteiger partial charge in [0, 0.05) is 0 Å². The van der Waals surface area contributed by atoms with E-state index in [1.54, 1.807) is 0 Å². The molecule has 4 N–H and O–H groups in total. The van der Waals surface area contributed by atoms with Crippen LogP contribution in [0.3, 0.4) is 0 Å². The van der Waals surface area contributed by atoms with Crippen molar-refractivity contribution in [2.75, 3.05) is 0 Å². The summed E-state index contributed by atoms with van der Waals surface area (Å²) in [7, 11) is -8.95. The largest absolute Gasteiger partial charge is 2.00 e. The Morgan fingerprint density at radius 1 is 0.842 bits per heavy atom. The summed E-state index contributed by atoms with van der Waals surface area (Å²) in [5.41, 5.74) is -3.42. The SMILES string of the molecule is CC(C(=O)[O-])P(=O)(O)O.CC(C(=O)[O-])P(=O)(O)O.[Mg+2]. The average Bonchev–Trinajstić information content (AvgIpc) is 2.13. The van der Waals surface area contributed by atoms with Crippen molar-refractivity contribution >= 4 is 50.2 Å². The van der Waals surface area contributed by atoms with Gasteiger partial charge in [0.15, 0.2) is 0 Å². The number of hydrogen-bond donors (Lipinski definition) is 4. The first-order valence-corrected chi connectivity index (χ1v) is 7.59. The Labute approximate surface area is 124 Å². The molecule has 10 nitrogen and oxygen atoms in total. The van der Waals surface area contributed by atoms with E-state index < -0.39 is 38.4 Å². The summed E-state index contributed by atoms with van der Waals surface area (Å²) in [6.45, 7) is 1.80. The summed E-state index contributed by atoms with van der Waals surface area (Å²) in [6, 6.07) is 0. The summed E-state index contributed by atoms with van der Waals surface area (Å²) < 4.78 is 20.1. The summed E-state index contributed by atoms with van der Waals surface area (Å²) in [5.74, 6) is -3.47. The minimum absolute atomic E-state index is 0. The molecule has 108 valence electrons. The van der Waals surface area contributed by atoms with Crippen molar-refractivity contribution in [3.63, 3.8) is 0 Å². The van der Waals surface area contributed by atoms with Gasteiger partial charge in [-0.2, -0.15) is 0 Å².